The molecule has 0 aromatic rings. The second-order valence-electron chi connectivity index (χ2n) is 1.23. The molecule has 49 valence electrons. The Labute approximate surface area is 67.0 Å². The lowest BCUT2D eigenvalue weighted by molar-refractivity contribution is 0.625. The third-order valence-corrected chi connectivity index (χ3v) is 1.47. The zero-order valence-corrected chi connectivity index (χ0v) is 6.32. The van der Waals surface area contributed by atoms with Crippen molar-refractivity contribution in [3.05, 3.63) is 0 Å². The maximum atomic E-state index is 5.46. The molecular weight excluding hydrogens is 184 g/mol. The lowest BCUT2D eigenvalue weighted by atomic mass is 10.9. The van der Waals surface area contributed by atoms with Gasteiger partial charge in [0.25, 0.3) is 0 Å². The van der Waals surface area contributed by atoms with Crippen molar-refractivity contribution in [2.45, 2.75) is 5.62 Å². The topological polar surface area (TPSA) is 28.0 Å². The number of aliphatic imine (C=N–C) groups is 2. The maximum Gasteiger partial charge on any atom is 0.223 e. The average molecular weight is 185 g/mol. The van der Waals surface area contributed by atoms with Gasteiger partial charge in [-0.15, -0.1) is 0 Å². The highest BCUT2D eigenvalue weighted by Gasteiger charge is 2.13. The molecule has 0 aliphatic carbocycles. The fourth-order valence-electron chi connectivity index (χ4n) is 0.304. The van der Waals surface area contributed by atoms with Gasteiger partial charge in [0.05, 0.1) is 0 Å². The molecule has 0 fully saturated rings. The molecule has 1 atom stereocenters. The first kappa shape index (κ1) is 7.12. The Morgan fingerprint density at radius 1 is 1.67 bits per heavy atom. The fourth-order valence-corrected chi connectivity index (χ4v) is 0.702. The molecule has 0 saturated carbocycles. The molecule has 1 aliphatic heterocycles. The Morgan fingerprint density at radius 2 is 2.33 bits per heavy atom. The van der Waals surface area contributed by atoms with Crippen LogP contribution in [0.25, 0.3) is 0 Å². The Morgan fingerprint density at radius 3 is 2.78 bits per heavy atom. The fraction of sp³-hybridized carbons (Fsp3) is 0.333. The summed E-state index contributed by atoms with van der Waals surface area (Å²) >= 11 is 16.2. The number of hydrogen-bond acceptors (Lipinski definition) is 3. The van der Waals surface area contributed by atoms with Crippen molar-refractivity contribution in [2.75, 3.05) is 0 Å². The largest absolute Gasteiger partial charge is 0.227 e. The van der Waals surface area contributed by atoms with Crippen LogP contribution in [0.15, 0.2) is 9.98 Å². The third-order valence-electron chi connectivity index (χ3n) is 0.638. The predicted molar refractivity (Wildman–Crippen MR) is 38.1 cm³/mol. The van der Waals surface area contributed by atoms with E-state index >= 15 is 0 Å². The summed E-state index contributed by atoms with van der Waals surface area (Å²) in [6, 6.07) is 0. The summed E-state index contributed by atoms with van der Waals surface area (Å²) in [7, 11) is 0. The number of amidine groups is 1. The summed E-state index contributed by atoms with van der Waals surface area (Å²) in [5.74, 6) is 0. The standard InChI is InChI=1S/C3HCl3N3/c4-2-7-1-9(6)3(5)8-2/h3H. The van der Waals surface area contributed by atoms with Crippen LogP contribution in [-0.4, -0.2) is 21.7 Å². The van der Waals surface area contributed by atoms with E-state index in [0.717, 1.165) is 4.42 Å². The van der Waals surface area contributed by atoms with E-state index in [1.54, 1.807) is 0 Å². The first-order valence-corrected chi connectivity index (χ1v) is 3.14. The van der Waals surface area contributed by atoms with Crippen LogP contribution in [0.1, 0.15) is 0 Å². The SMILES string of the molecule is ClC1=NC(Cl)N(Cl)[C]=N1. The quantitative estimate of drug-likeness (QED) is 0.319. The van der Waals surface area contributed by atoms with E-state index in [2.05, 4.69) is 16.3 Å². The number of alkyl halides is 1. The van der Waals surface area contributed by atoms with Crippen molar-refractivity contribution < 1.29 is 0 Å². The molecule has 1 rings (SSSR count). The van der Waals surface area contributed by atoms with Gasteiger partial charge in [0.15, 0.2) is 6.34 Å². The lowest BCUT2D eigenvalue weighted by Crippen LogP contribution is -2.22. The van der Waals surface area contributed by atoms with E-state index in [9.17, 15) is 0 Å². The summed E-state index contributed by atoms with van der Waals surface area (Å²) in [6.07, 6.45) is 2.31. The molecule has 1 heterocycles. The summed E-state index contributed by atoms with van der Waals surface area (Å²) in [5, 5.41) is 0.0619. The summed E-state index contributed by atoms with van der Waals surface area (Å²) in [5.41, 5.74) is -0.698. The molecule has 6 heteroatoms. The highest BCUT2D eigenvalue weighted by molar-refractivity contribution is 6.66. The lowest BCUT2D eigenvalue weighted by Gasteiger charge is -2.13. The number of nitrogens with zero attached hydrogens (tertiary/aromatic N) is 3. The first-order chi connectivity index (χ1) is 4.20. The number of hydrogen-bond donors (Lipinski definition) is 0. The molecule has 0 aromatic carbocycles. The summed E-state index contributed by atoms with van der Waals surface area (Å²) in [4.78, 5) is 7.01. The second-order valence-corrected chi connectivity index (χ2v) is 2.32. The van der Waals surface area contributed by atoms with Gasteiger partial charge in [-0.25, -0.2) is 9.41 Å². The Hall–Kier alpha value is 0.01000. The molecule has 3 nitrogen and oxygen atoms in total. The van der Waals surface area contributed by atoms with Gasteiger partial charge < -0.3 is 0 Å². The molecule has 0 saturated heterocycles. The van der Waals surface area contributed by atoms with Crippen molar-refractivity contribution in [1.29, 1.82) is 0 Å². The van der Waals surface area contributed by atoms with Crippen LogP contribution in [0.2, 0.25) is 0 Å². The van der Waals surface area contributed by atoms with Crippen LogP contribution >= 0.6 is 35.0 Å². The smallest absolute Gasteiger partial charge is 0.223 e. The van der Waals surface area contributed by atoms with Gasteiger partial charge in [-0.3, -0.25) is 0 Å². The van der Waals surface area contributed by atoms with Gasteiger partial charge in [0.1, 0.15) is 0 Å². The first-order valence-electron chi connectivity index (χ1n) is 1.99. The van der Waals surface area contributed by atoms with Crippen molar-refractivity contribution in [3.63, 3.8) is 0 Å². The maximum absolute atomic E-state index is 5.46. The summed E-state index contributed by atoms with van der Waals surface area (Å²) in [6.45, 7) is 0. The van der Waals surface area contributed by atoms with Crippen LogP contribution < -0.4 is 0 Å². The van der Waals surface area contributed by atoms with E-state index in [0.29, 0.717) is 0 Å². The monoisotopic (exact) mass is 184 g/mol. The van der Waals surface area contributed by atoms with Crippen molar-refractivity contribution >= 4 is 46.6 Å². The molecule has 9 heavy (non-hydrogen) atoms. The van der Waals surface area contributed by atoms with Gasteiger partial charge in [0, 0.05) is 11.8 Å². The minimum atomic E-state index is -0.698. The average Bonchev–Trinajstić information content (AvgIpc) is 1.80. The van der Waals surface area contributed by atoms with Crippen LogP contribution in [-0.2, 0) is 0 Å². The van der Waals surface area contributed by atoms with Gasteiger partial charge >= 0.3 is 0 Å². The third kappa shape index (κ3) is 1.71. The Bertz CT molecular complexity index is 166. The van der Waals surface area contributed by atoms with Crippen LogP contribution in [0.4, 0.5) is 0 Å². The molecule has 0 spiro atoms. The van der Waals surface area contributed by atoms with Gasteiger partial charge in [-0.05, 0) is 11.6 Å². The Kier molecular flexibility index (Phi) is 2.16. The molecule has 0 bridgehead atoms. The van der Waals surface area contributed by atoms with Crippen LogP contribution in [0.3, 0.4) is 0 Å². The normalized spacial score (nSPS) is 26.3. The van der Waals surface area contributed by atoms with Crippen molar-refractivity contribution in [2.24, 2.45) is 9.98 Å². The highest BCUT2D eigenvalue weighted by Crippen LogP contribution is 2.12. The Balaban J connectivity index is 2.70. The molecule has 0 N–H and O–H groups in total. The molecule has 0 amide bonds. The van der Waals surface area contributed by atoms with E-state index in [1.165, 1.54) is 0 Å². The van der Waals surface area contributed by atoms with Crippen LogP contribution in [0, 0.1) is 0 Å². The molecule has 0 aromatic heterocycles. The second kappa shape index (κ2) is 2.73. The molecular formula is C3HCl3N3. The molecule has 1 unspecified atom stereocenters. The van der Waals surface area contributed by atoms with Crippen molar-refractivity contribution in [1.82, 2.24) is 4.42 Å². The van der Waals surface area contributed by atoms with E-state index in [-0.39, 0.29) is 5.29 Å². The zero-order valence-electron chi connectivity index (χ0n) is 4.05. The minimum Gasteiger partial charge on any atom is -0.227 e. The molecule has 1 radical (unpaired) electrons. The van der Waals surface area contributed by atoms with E-state index in [4.69, 9.17) is 35.0 Å². The highest BCUT2D eigenvalue weighted by atomic mass is 35.5. The van der Waals surface area contributed by atoms with Gasteiger partial charge in [-0.1, -0.05) is 11.6 Å². The number of rotatable bonds is 0. The van der Waals surface area contributed by atoms with E-state index in [1.807, 2.05) is 0 Å². The minimum absolute atomic E-state index is 0.0619. The number of halogens is 3. The zero-order chi connectivity index (χ0) is 6.85. The molecule has 1 aliphatic rings. The van der Waals surface area contributed by atoms with Gasteiger partial charge in [-0.2, -0.15) is 4.99 Å². The van der Waals surface area contributed by atoms with Crippen molar-refractivity contribution in [3.8, 4) is 0 Å². The van der Waals surface area contributed by atoms with E-state index < -0.39 is 5.62 Å². The van der Waals surface area contributed by atoms with Crippen LogP contribution in [0.5, 0.6) is 0 Å². The summed E-state index contributed by atoms with van der Waals surface area (Å²) < 4.78 is 0.993. The predicted octanol–water partition coefficient (Wildman–Crippen LogP) is 1.48. The van der Waals surface area contributed by atoms with Gasteiger partial charge in [0.2, 0.25) is 10.9 Å².